The van der Waals surface area contributed by atoms with Crippen LogP contribution in [0.15, 0.2) is 60.7 Å². The maximum atomic E-state index is 13.2. The van der Waals surface area contributed by atoms with Crippen molar-refractivity contribution in [3.63, 3.8) is 0 Å². The molecule has 0 bridgehead atoms. The Labute approximate surface area is 124 Å². The van der Waals surface area contributed by atoms with Crippen molar-refractivity contribution in [3.05, 3.63) is 72.2 Å². The summed E-state index contributed by atoms with van der Waals surface area (Å²) in [5.41, 5.74) is 5.80. The predicted molar refractivity (Wildman–Crippen MR) is 85.7 cm³/mol. The minimum absolute atomic E-state index is 0.202. The van der Waals surface area contributed by atoms with Crippen molar-refractivity contribution in [2.45, 2.75) is 20.4 Å². The zero-order valence-electron chi connectivity index (χ0n) is 12.3. The molecule has 0 aliphatic rings. The molecule has 2 aromatic carbocycles. The Balaban J connectivity index is 2.24. The van der Waals surface area contributed by atoms with Crippen molar-refractivity contribution >= 4 is 0 Å². The van der Waals surface area contributed by atoms with Gasteiger partial charge in [0.25, 0.3) is 0 Å². The fourth-order valence-corrected chi connectivity index (χ4v) is 2.84. The van der Waals surface area contributed by atoms with Crippen LogP contribution in [0.1, 0.15) is 12.6 Å². The van der Waals surface area contributed by atoms with Crippen LogP contribution in [0, 0.1) is 12.7 Å². The van der Waals surface area contributed by atoms with E-state index in [2.05, 4.69) is 36.6 Å². The summed E-state index contributed by atoms with van der Waals surface area (Å²) < 4.78 is 15.5. The zero-order chi connectivity index (χ0) is 14.8. The van der Waals surface area contributed by atoms with E-state index in [1.54, 1.807) is 0 Å². The van der Waals surface area contributed by atoms with E-state index < -0.39 is 0 Å². The molecule has 0 saturated heterocycles. The minimum Gasteiger partial charge on any atom is -0.345 e. The van der Waals surface area contributed by atoms with Crippen molar-refractivity contribution in [2.75, 3.05) is 0 Å². The SMILES string of the molecule is CCn1c(C)cc(-c2ccc(F)cc2)c1-c1ccccc1. The van der Waals surface area contributed by atoms with Gasteiger partial charge in [-0.05, 0) is 43.2 Å². The maximum absolute atomic E-state index is 13.2. The highest BCUT2D eigenvalue weighted by molar-refractivity contribution is 5.82. The van der Waals surface area contributed by atoms with E-state index in [0.717, 1.165) is 17.7 Å². The van der Waals surface area contributed by atoms with Gasteiger partial charge < -0.3 is 4.57 Å². The molecule has 3 aromatic rings. The van der Waals surface area contributed by atoms with Crippen LogP contribution in [-0.4, -0.2) is 4.57 Å². The van der Waals surface area contributed by atoms with Crippen LogP contribution in [0.2, 0.25) is 0 Å². The normalized spacial score (nSPS) is 10.8. The third-order valence-electron chi connectivity index (χ3n) is 3.82. The lowest BCUT2D eigenvalue weighted by Gasteiger charge is -2.11. The van der Waals surface area contributed by atoms with Crippen LogP contribution in [-0.2, 0) is 6.54 Å². The summed E-state index contributed by atoms with van der Waals surface area (Å²) in [7, 11) is 0. The van der Waals surface area contributed by atoms with Gasteiger partial charge in [0.15, 0.2) is 0 Å². The van der Waals surface area contributed by atoms with Gasteiger partial charge in [-0.2, -0.15) is 0 Å². The van der Waals surface area contributed by atoms with Gasteiger partial charge in [-0.25, -0.2) is 4.39 Å². The highest BCUT2D eigenvalue weighted by Crippen LogP contribution is 2.35. The Morgan fingerprint density at radius 3 is 2.19 bits per heavy atom. The molecule has 1 aromatic heterocycles. The van der Waals surface area contributed by atoms with Crippen LogP contribution in [0.5, 0.6) is 0 Å². The molecule has 106 valence electrons. The van der Waals surface area contributed by atoms with Gasteiger partial charge in [-0.15, -0.1) is 0 Å². The molecule has 0 unspecified atom stereocenters. The lowest BCUT2D eigenvalue weighted by atomic mass is 10.0. The summed E-state index contributed by atoms with van der Waals surface area (Å²) in [5.74, 6) is -0.202. The third kappa shape index (κ3) is 2.49. The van der Waals surface area contributed by atoms with Crippen molar-refractivity contribution in [1.29, 1.82) is 0 Å². The molecule has 1 nitrogen and oxygen atoms in total. The number of rotatable bonds is 3. The van der Waals surface area contributed by atoms with E-state index in [0.29, 0.717) is 0 Å². The van der Waals surface area contributed by atoms with Crippen molar-refractivity contribution in [3.8, 4) is 22.4 Å². The molecule has 21 heavy (non-hydrogen) atoms. The summed E-state index contributed by atoms with van der Waals surface area (Å²) in [4.78, 5) is 0. The molecule has 1 heterocycles. The first kappa shape index (κ1) is 13.6. The van der Waals surface area contributed by atoms with Gasteiger partial charge in [0.1, 0.15) is 5.82 Å². The average molecular weight is 279 g/mol. The van der Waals surface area contributed by atoms with Gasteiger partial charge in [0.05, 0.1) is 5.69 Å². The summed E-state index contributed by atoms with van der Waals surface area (Å²) in [5, 5.41) is 0. The number of hydrogen-bond donors (Lipinski definition) is 0. The quantitative estimate of drug-likeness (QED) is 0.614. The van der Waals surface area contributed by atoms with E-state index in [1.165, 1.54) is 29.1 Å². The molecule has 0 fully saturated rings. The number of benzene rings is 2. The van der Waals surface area contributed by atoms with Crippen LogP contribution >= 0.6 is 0 Å². The number of hydrogen-bond acceptors (Lipinski definition) is 0. The summed E-state index contributed by atoms with van der Waals surface area (Å²) in [6, 6.07) is 19.3. The predicted octanol–water partition coefficient (Wildman–Crippen LogP) is 5.29. The minimum atomic E-state index is -0.202. The molecule has 0 aliphatic heterocycles. The van der Waals surface area contributed by atoms with Crippen molar-refractivity contribution in [2.24, 2.45) is 0 Å². The van der Waals surface area contributed by atoms with Gasteiger partial charge in [0, 0.05) is 17.8 Å². The van der Waals surface area contributed by atoms with E-state index in [-0.39, 0.29) is 5.82 Å². The zero-order valence-corrected chi connectivity index (χ0v) is 12.3. The third-order valence-corrected chi connectivity index (χ3v) is 3.82. The fourth-order valence-electron chi connectivity index (χ4n) is 2.84. The molecular formula is C19H18FN. The lowest BCUT2D eigenvalue weighted by Crippen LogP contribution is -1.99. The van der Waals surface area contributed by atoms with E-state index in [1.807, 2.05) is 30.3 Å². The summed E-state index contributed by atoms with van der Waals surface area (Å²) in [6.07, 6.45) is 0. The maximum Gasteiger partial charge on any atom is 0.123 e. The Bertz CT molecular complexity index is 739. The molecule has 0 spiro atoms. The van der Waals surface area contributed by atoms with E-state index >= 15 is 0 Å². The second-order valence-corrected chi connectivity index (χ2v) is 5.17. The van der Waals surface area contributed by atoms with Crippen molar-refractivity contribution in [1.82, 2.24) is 4.57 Å². The van der Waals surface area contributed by atoms with Crippen LogP contribution in [0.3, 0.4) is 0 Å². The first-order chi connectivity index (χ1) is 10.2. The standard InChI is InChI=1S/C19H18FN/c1-3-21-14(2)13-18(15-9-11-17(20)12-10-15)19(21)16-7-5-4-6-8-16/h4-13H,3H2,1-2H3. The number of halogens is 1. The lowest BCUT2D eigenvalue weighted by molar-refractivity contribution is 0.628. The molecule has 0 radical (unpaired) electrons. The number of aryl methyl sites for hydroxylation is 1. The van der Waals surface area contributed by atoms with E-state index in [4.69, 9.17) is 0 Å². The first-order valence-corrected chi connectivity index (χ1v) is 7.22. The Hall–Kier alpha value is -2.35. The van der Waals surface area contributed by atoms with Crippen molar-refractivity contribution < 1.29 is 4.39 Å². The monoisotopic (exact) mass is 279 g/mol. The van der Waals surface area contributed by atoms with Crippen LogP contribution < -0.4 is 0 Å². The molecule has 0 amide bonds. The van der Waals surface area contributed by atoms with Gasteiger partial charge in [0.2, 0.25) is 0 Å². The largest absolute Gasteiger partial charge is 0.345 e. The molecule has 0 saturated carbocycles. The number of nitrogens with zero attached hydrogens (tertiary/aromatic N) is 1. The Morgan fingerprint density at radius 1 is 0.905 bits per heavy atom. The van der Waals surface area contributed by atoms with Gasteiger partial charge >= 0.3 is 0 Å². The van der Waals surface area contributed by atoms with Crippen LogP contribution in [0.4, 0.5) is 4.39 Å². The molecule has 3 rings (SSSR count). The Morgan fingerprint density at radius 2 is 1.57 bits per heavy atom. The second-order valence-electron chi connectivity index (χ2n) is 5.17. The highest BCUT2D eigenvalue weighted by atomic mass is 19.1. The Kier molecular flexibility index (Phi) is 3.61. The van der Waals surface area contributed by atoms with E-state index in [9.17, 15) is 4.39 Å². The summed E-state index contributed by atoms with van der Waals surface area (Å²) >= 11 is 0. The topological polar surface area (TPSA) is 4.93 Å². The molecule has 0 atom stereocenters. The second kappa shape index (κ2) is 5.57. The molecule has 0 N–H and O–H groups in total. The van der Waals surface area contributed by atoms with Gasteiger partial charge in [-0.1, -0.05) is 42.5 Å². The molecule has 2 heteroatoms. The average Bonchev–Trinajstić information content (AvgIpc) is 2.85. The molecular weight excluding hydrogens is 261 g/mol. The molecule has 0 aliphatic carbocycles. The first-order valence-electron chi connectivity index (χ1n) is 7.22. The smallest absolute Gasteiger partial charge is 0.123 e. The highest BCUT2D eigenvalue weighted by Gasteiger charge is 2.15. The number of aromatic nitrogens is 1. The fraction of sp³-hybridized carbons (Fsp3) is 0.158. The summed E-state index contributed by atoms with van der Waals surface area (Å²) in [6.45, 7) is 5.17. The van der Waals surface area contributed by atoms with Gasteiger partial charge in [-0.3, -0.25) is 0 Å². The van der Waals surface area contributed by atoms with Crippen LogP contribution in [0.25, 0.3) is 22.4 Å².